The average Bonchev–Trinajstić information content (AvgIpc) is 2.56. The van der Waals surface area contributed by atoms with Crippen LogP contribution in [0.1, 0.15) is 27.7 Å². The molecule has 6 nitrogen and oxygen atoms in total. The van der Waals surface area contributed by atoms with E-state index in [1.54, 1.807) is 27.7 Å². The quantitative estimate of drug-likeness (QED) is 0.655. The van der Waals surface area contributed by atoms with Gasteiger partial charge in [-0.05, 0) is 27.7 Å². The molecule has 0 aromatic heterocycles. The van der Waals surface area contributed by atoms with Gasteiger partial charge < -0.3 is 14.2 Å². The molecule has 0 saturated heterocycles. The molecular weight excluding hydrogens is 226 g/mol. The van der Waals surface area contributed by atoms with Crippen molar-refractivity contribution in [1.29, 1.82) is 0 Å². The number of amides is 1. The molecule has 1 unspecified atom stereocenters. The molecule has 1 heterocycles. The summed E-state index contributed by atoms with van der Waals surface area (Å²) in [6.45, 7) is 6.86. The number of nitrogens with zero attached hydrogens (tertiary/aromatic N) is 1. The van der Waals surface area contributed by atoms with Crippen LogP contribution in [0.25, 0.3) is 0 Å². The summed E-state index contributed by atoms with van der Waals surface area (Å²) in [4.78, 5) is 24.3. The summed E-state index contributed by atoms with van der Waals surface area (Å²) in [5.74, 6) is -0.199. The van der Waals surface area contributed by atoms with Gasteiger partial charge >= 0.3 is 12.1 Å². The molecule has 1 atom stereocenters. The fraction of sp³-hybridized carbons (Fsp3) is 0.636. The minimum absolute atomic E-state index is 0.450. The number of hydrogen-bond donors (Lipinski definition) is 0. The Labute approximate surface area is 100 Å². The SMILES string of the molecule is COC(=O)C1OC(C)=CN1C(=O)OC(C)(C)C. The largest absolute Gasteiger partial charge is 0.465 e. The Kier molecular flexibility index (Phi) is 3.65. The van der Waals surface area contributed by atoms with Crippen molar-refractivity contribution in [2.75, 3.05) is 7.11 Å². The van der Waals surface area contributed by atoms with Crippen molar-refractivity contribution in [2.24, 2.45) is 0 Å². The van der Waals surface area contributed by atoms with Gasteiger partial charge in [0.2, 0.25) is 0 Å². The number of ether oxygens (including phenoxy) is 3. The predicted molar refractivity (Wildman–Crippen MR) is 58.7 cm³/mol. The minimum atomic E-state index is -1.10. The van der Waals surface area contributed by atoms with Gasteiger partial charge in [-0.15, -0.1) is 0 Å². The monoisotopic (exact) mass is 243 g/mol. The molecule has 1 amide bonds. The molecule has 6 heteroatoms. The Balaban J connectivity index is 2.79. The van der Waals surface area contributed by atoms with Gasteiger partial charge in [-0.3, -0.25) is 0 Å². The highest BCUT2D eigenvalue weighted by Gasteiger charge is 2.38. The lowest BCUT2D eigenvalue weighted by molar-refractivity contribution is -0.157. The van der Waals surface area contributed by atoms with Gasteiger partial charge in [0.1, 0.15) is 11.4 Å². The van der Waals surface area contributed by atoms with Crippen LogP contribution >= 0.6 is 0 Å². The maximum Gasteiger partial charge on any atom is 0.417 e. The van der Waals surface area contributed by atoms with Gasteiger partial charge in [0.05, 0.1) is 13.3 Å². The van der Waals surface area contributed by atoms with E-state index in [9.17, 15) is 9.59 Å². The number of carbonyl (C=O) groups is 2. The van der Waals surface area contributed by atoms with Crippen molar-refractivity contribution in [1.82, 2.24) is 4.90 Å². The molecule has 0 N–H and O–H groups in total. The van der Waals surface area contributed by atoms with E-state index < -0.39 is 23.9 Å². The first kappa shape index (κ1) is 13.3. The zero-order valence-electron chi connectivity index (χ0n) is 10.6. The standard InChI is InChI=1S/C11H17NO5/c1-7-6-12(8(16-7)9(13)15-5)10(14)17-11(2,3)4/h6,8H,1-5H3. The predicted octanol–water partition coefficient (Wildman–Crippen LogP) is 1.61. The second-order valence-electron chi connectivity index (χ2n) is 4.62. The van der Waals surface area contributed by atoms with Crippen LogP contribution in [0.4, 0.5) is 4.79 Å². The van der Waals surface area contributed by atoms with Gasteiger partial charge in [-0.2, -0.15) is 0 Å². The molecule has 0 spiro atoms. The van der Waals surface area contributed by atoms with Crippen LogP contribution in [-0.2, 0) is 19.0 Å². The van der Waals surface area contributed by atoms with Gasteiger partial charge in [0.15, 0.2) is 0 Å². The Morgan fingerprint density at radius 2 is 2.00 bits per heavy atom. The molecule has 0 radical (unpaired) electrons. The Morgan fingerprint density at radius 3 is 2.47 bits per heavy atom. The zero-order chi connectivity index (χ0) is 13.2. The molecule has 0 aromatic carbocycles. The lowest BCUT2D eigenvalue weighted by Crippen LogP contribution is -2.43. The van der Waals surface area contributed by atoms with Gasteiger partial charge in [0.25, 0.3) is 6.23 Å². The fourth-order valence-corrected chi connectivity index (χ4v) is 1.25. The first-order valence-corrected chi connectivity index (χ1v) is 5.19. The van der Waals surface area contributed by atoms with E-state index in [1.807, 2.05) is 0 Å². The van der Waals surface area contributed by atoms with Gasteiger partial charge in [0, 0.05) is 0 Å². The summed E-state index contributed by atoms with van der Waals surface area (Å²) in [6, 6.07) is 0. The topological polar surface area (TPSA) is 65.1 Å². The highest BCUT2D eigenvalue weighted by atomic mass is 16.6. The zero-order valence-corrected chi connectivity index (χ0v) is 10.6. The van der Waals surface area contributed by atoms with Crippen LogP contribution in [0.5, 0.6) is 0 Å². The van der Waals surface area contributed by atoms with Gasteiger partial charge in [-0.1, -0.05) is 0 Å². The summed E-state index contributed by atoms with van der Waals surface area (Å²) in [5.41, 5.74) is -0.637. The number of carbonyl (C=O) groups excluding carboxylic acids is 2. The van der Waals surface area contributed by atoms with Crippen LogP contribution in [0.15, 0.2) is 12.0 Å². The second-order valence-corrected chi connectivity index (χ2v) is 4.62. The summed E-state index contributed by atoms with van der Waals surface area (Å²) < 4.78 is 14.9. The lowest BCUT2D eigenvalue weighted by Gasteiger charge is -2.25. The summed E-state index contributed by atoms with van der Waals surface area (Å²) in [5, 5.41) is 0. The number of hydrogen-bond acceptors (Lipinski definition) is 5. The third-order valence-electron chi connectivity index (χ3n) is 1.88. The smallest absolute Gasteiger partial charge is 0.417 e. The van der Waals surface area contributed by atoms with E-state index in [0.717, 1.165) is 4.90 Å². The summed E-state index contributed by atoms with van der Waals surface area (Å²) in [6.07, 6.45) is -0.338. The molecule has 17 heavy (non-hydrogen) atoms. The van der Waals surface area contributed by atoms with Gasteiger partial charge in [-0.25, -0.2) is 14.5 Å². The highest BCUT2D eigenvalue weighted by molar-refractivity contribution is 5.81. The van der Waals surface area contributed by atoms with Crippen molar-refractivity contribution in [3.8, 4) is 0 Å². The third-order valence-corrected chi connectivity index (χ3v) is 1.88. The van der Waals surface area contributed by atoms with Crippen LogP contribution in [0, 0.1) is 0 Å². The molecule has 1 rings (SSSR count). The van der Waals surface area contributed by atoms with Crippen LogP contribution in [0.2, 0.25) is 0 Å². The second kappa shape index (κ2) is 4.65. The molecule has 0 fully saturated rings. The van der Waals surface area contributed by atoms with Crippen molar-refractivity contribution >= 4 is 12.1 Å². The maximum absolute atomic E-state index is 11.8. The average molecular weight is 243 g/mol. The molecule has 96 valence electrons. The van der Waals surface area contributed by atoms with Crippen LogP contribution < -0.4 is 0 Å². The van der Waals surface area contributed by atoms with Crippen LogP contribution in [0.3, 0.4) is 0 Å². The molecule has 0 aromatic rings. The van der Waals surface area contributed by atoms with E-state index in [4.69, 9.17) is 9.47 Å². The molecule has 0 saturated carbocycles. The van der Waals surface area contributed by atoms with E-state index in [1.165, 1.54) is 13.3 Å². The first-order valence-electron chi connectivity index (χ1n) is 5.19. The van der Waals surface area contributed by atoms with Crippen molar-refractivity contribution in [3.05, 3.63) is 12.0 Å². The Hall–Kier alpha value is -1.72. The van der Waals surface area contributed by atoms with Crippen molar-refractivity contribution in [3.63, 3.8) is 0 Å². The maximum atomic E-state index is 11.8. The number of esters is 1. The molecule has 0 bridgehead atoms. The highest BCUT2D eigenvalue weighted by Crippen LogP contribution is 2.21. The fourth-order valence-electron chi connectivity index (χ4n) is 1.25. The molecular formula is C11H17NO5. The molecule has 1 aliphatic heterocycles. The number of rotatable bonds is 1. The third kappa shape index (κ3) is 3.37. The molecule has 0 aliphatic carbocycles. The lowest BCUT2D eigenvalue weighted by atomic mass is 10.2. The Morgan fingerprint density at radius 1 is 1.41 bits per heavy atom. The van der Waals surface area contributed by atoms with Crippen molar-refractivity contribution < 1.29 is 23.8 Å². The van der Waals surface area contributed by atoms with E-state index in [0.29, 0.717) is 5.76 Å². The van der Waals surface area contributed by atoms with E-state index in [2.05, 4.69) is 4.74 Å². The summed E-state index contributed by atoms with van der Waals surface area (Å²) in [7, 11) is 1.23. The van der Waals surface area contributed by atoms with Crippen molar-refractivity contribution in [2.45, 2.75) is 39.5 Å². The van der Waals surface area contributed by atoms with Crippen LogP contribution in [-0.4, -0.2) is 35.9 Å². The summed E-state index contributed by atoms with van der Waals surface area (Å²) >= 11 is 0. The molecule has 1 aliphatic rings. The first-order chi connectivity index (χ1) is 7.74. The Bertz CT molecular complexity index is 355. The normalized spacial score (nSPS) is 19.5. The number of methoxy groups -OCH3 is 1. The number of allylic oxidation sites excluding steroid dienone is 1. The minimum Gasteiger partial charge on any atom is -0.465 e. The van der Waals surface area contributed by atoms with E-state index in [-0.39, 0.29) is 0 Å². The van der Waals surface area contributed by atoms with E-state index >= 15 is 0 Å².